The maximum atomic E-state index is 11.3. The van der Waals surface area contributed by atoms with Gasteiger partial charge in [0, 0.05) is 29.8 Å². The number of allylic oxidation sites excluding steroid dienone is 2. The Hall–Kier alpha value is -2.93. The first-order valence-corrected chi connectivity index (χ1v) is 8.90. The van der Waals surface area contributed by atoms with Crippen LogP contribution < -0.4 is 5.32 Å². The quantitative estimate of drug-likeness (QED) is 0.439. The smallest absolute Gasteiger partial charge is 0.288 e. The first-order valence-electron chi connectivity index (χ1n) is 8.53. The van der Waals surface area contributed by atoms with Crippen LogP contribution in [0, 0.1) is 33.1 Å². The summed E-state index contributed by atoms with van der Waals surface area (Å²) in [6, 6.07) is 7.89. The molecule has 1 heterocycles. The molecule has 3 unspecified atom stereocenters. The monoisotopic (exact) mass is 385 g/mol. The number of nitrogens with one attached hydrogen (secondary N) is 1. The summed E-state index contributed by atoms with van der Waals surface area (Å²) in [6.07, 6.45) is 4.93. The van der Waals surface area contributed by atoms with Gasteiger partial charge in [-0.3, -0.25) is 20.2 Å². The lowest BCUT2D eigenvalue weighted by Gasteiger charge is -2.38. The molecule has 0 amide bonds. The van der Waals surface area contributed by atoms with E-state index >= 15 is 0 Å². The number of nitrogens with zero attached hydrogens (tertiary/aromatic N) is 2. The standard InChI is InChI=1S/C19H16ClN3O4/c1-10-7-12(22(24)25)9-15-13-3-2-4-14(13)19(21-18(10)15)11-5-6-16(20)17(8-11)23(26)27/h2-3,5-9,13-14,19,21H,4H2,1H3. The van der Waals surface area contributed by atoms with E-state index in [0.717, 1.165) is 28.8 Å². The Balaban J connectivity index is 1.82. The van der Waals surface area contributed by atoms with Crippen LogP contribution in [0.1, 0.15) is 35.1 Å². The van der Waals surface area contributed by atoms with Crippen LogP contribution in [0.25, 0.3) is 0 Å². The Morgan fingerprint density at radius 3 is 2.63 bits per heavy atom. The van der Waals surface area contributed by atoms with Gasteiger partial charge in [0.2, 0.25) is 0 Å². The highest BCUT2D eigenvalue weighted by atomic mass is 35.5. The number of halogens is 1. The molecule has 0 saturated carbocycles. The minimum Gasteiger partial charge on any atom is -0.377 e. The molecule has 7 nitrogen and oxygen atoms in total. The number of non-ortho nitro benzene ring substituents is 1. The molecule has 3 atom stereocenters. The van der Waals surface area contributed by atoms with Crippen LogP contribution in [0.4, 0.5) is 17.1 Å². The average molecular weight is 386 g/mol. The molecule has 138 valence electrons. The van der Waals surface area contributed by atoms with Crippen molar-refractivity contribution in [2.75, 3.05) is 5.32 Å². The predicted molar refractivity (Wildman–Crippen MR) is 102 cm³/mol. The third-order valence-electron chi connectivity index (χ3n) is 5.39. The Morgan fingerprint density at radius 2 is 1.93 bits per heavy atom. The molecule has 27 heavy (non-hydrogen) atoms. The summed E-state index contributed by atoms with van der Waals surface area (Å²) < 4.78 is 0. The van der Waals surface area contributed by atoms with Crippen molar-refractivity contribution in [1.82, 2.24) is 0 Å². The second-order valence-electron chi connectivity index (χ2n) is 6.93. The number of hydrogen-bond acceptors (Lipinski definition) is 5. The number of rotatable bonds is 3. The van der Waals surface area contributed by atoms with E-state index in [9.17, 15) is 20.2 Å². The zero-order valence-electron chi connectivity index (χ0n) is 14.4. The SMILES string of the molecule is Cc1cc([N+](=O)[O-])cc2c1NC(c1ccc(Cl)c([N+](=O)[O-])c1)C1CC=CC21. The molecule has 0 fully saturated rings. The van der Waals surface area contributed by atoms with E-state index in [0.29, 0.717) is 0 Å². The van der Waals surface area contributed by atoms with Crippen LogP contribution >= 0.6 is 11.6 Å². The van der Waals surface area contributed by atoms with E-state index in [-0.39, 0.29) is 39.2 Å². The van der Waals surface area contributed by atoms with Gasteiger partial charge in [-0.2, -0.15) is 0 Å². The molecule has 0 spiro atoms. The fraction of sp³-hybridized carbons (Fsp3) is 0.263. The van der Waals surface area contributed by atoms with Gasteiger partial charge in [0.25, 0.3) is 11.4 Å². The highest BCUT2D eigenvalue weighted by Crippen LogP contribution is 2.51. The summed E-state index contributed by atoms with van der Waals surface area (Å²) in [7, 11) is 0. The van der Waals surface area contributed by atoms with Gasteiger partial charge in [-0.15, -0.1) is 0 Å². The van der Waals surface area contributed by atoms with E-state index < -0.39 is 4.92 Å². The average Bonchev–Trinajstić information content (AvgIpc) is 3.11. The maximum Gasteiger partial charge on any atom is 0.288 e. The molecule has 2 aromatic carbocycles. The fourth-order valence-electron chi connectivity index (χ4n) is 4.17. The van der Waals surface area contributed by atoms with E-state index in [1.54, 1.807) is 24.3 Å². The topological polar surface area (TPSA) is 98.3 Å². The summed E-state index contributed by atoms with van der Waals surface area (Å²) in [5.41, 5.74) is 3.29. The number of anilines is 1. The Bertz CT molecular complexity index is 1000. The van der Waals surface area contributed by atoms with Crippen molar-refractivity contribution >= 4 is 28.7 Å². The zero-order valence-corrected chi connectivity index (χ0v) is 15.1. The number of fused-ring (bicyclic) bond motifs is 3. The molecule has 4 rings (SSSR count). The number of nitro benzene ring substituents is 2. The van der Waals surface area contributed by atoms with E-state index in [2.05, 4.69) is 17.5 Å². The molecule has 0 saturated heterocycles. The van der Waals surface area contributed by atoms with Gasteiger partial charge >= 0.3 is 0 Å². The van der Waals surface area contributed by atoms with Gasteiger partial charge in [-0.1, -0.05) is 29.8 Å². The summed E-state index contributed by atoms with van der Waals surface area (Å²) in [5, 5.41) is 26.1. The highest BCUT2D eigenvalue weighted by molar-refractivity contribution is 6.32. The Labute approximate surface area is 160 Å². The van der Waals surface area contributed by atoms with Gasteiger partial charge in [0.15, 0.2) is 0 Å². The second kappa shape index (κ2) is 6.35. The minimum absolute atomic E-state index is 0.0274. The lowest BCUT2D eigenvalue weighted by Crippen LogP contribution is -2.29. The van der Waals surface area contributed by atoms with Crippen LogP contribution in [-0.4, -0.2) is 9.85 Å². The zero-order chi connectivity index (χ0) is 19.3. The van der Waals surface area contributed by atoms with Crippen molar-refractivity contribution in [3.05, 3.63) is 84.4 Å². The first kappa shape index (κ1) is 17.5. The molecule has 2 aromatic rings. The summed E-state index contributed by atoms with van der Waals surface area (Å²) in [5.74, 6) is 0.152. The number of nitro groups is 2. The molecule has 1 aliphatic carbocycles. The van der Waals surface area contributed by atoms with E-state index in [1.165, 1.54) is 6.07 Å². The van der Waals surface area contributed by atoms with Gasteiger partial charge < -0.3 is 5.32 Å². The van der Waals surface area contributed by atoms with Crippen molar-refractivity contribution in [3.8, 4) is 0 Å². The largest absolute Gasteiger partial charge is 0.377 e. The normalized spacial score (nSPS) is 22.7. The van der Waals surface area contributed by atoms with Crippen LogP contribution in [-0.2, 0) is 0 Å². The first-order chi connectivity index (χ1) is 12.9. The molecular weight excluding hydrogens is 370 g/mol. The van der Waals surface area contributed by atoms with Crippen molar-refractivity contribution in [2.24, 2.45) is 5.92 Å². The van der Waals surface area contributed by atoms with Crippen LogP contribution in [0.15, 0.2) is 42.5 Å². The van der Waals surface area contributed by atoms with Crippen molar-refractivity contribution in [2.45, 2.75) is 25.3 Å². The number of benzene rings is 2. The summed E-state index contributed by atoms with van der Waals surface area (Å²) in [6.45, 7) is 1.83. The van der Waals surface area contributed by atoms with E-state index in [1.807, 2.05) is 6.92 Å². The molecule has 0 aromatic heterocycles. The van der Waals surface area contributed by atoms with Crippen LogP contribution in [0.2, 0.25) is 5.02 Å². The number of hydrogen-bond donors (Lipinski definition) is 1. The third kappa shape index (κ3) is 2.84. The third-order valence-corrected chi connectivity index (χ3v) is 5.71. The second-order valence-corrected chi connectivity index (χ2v) is 7.33. The Kier molecular flexibility index (Phi) is 4.11. The molecule has 8 heteroatoms. The fourth-order valence-corrected chi connectivity index (χ4v) is 4.35. The molecule has 0 radical (unpaired) electrons. The van der Waals surface area contributed by atoms with Gasteiger partial charge in [-0.05, 0) is 42.0 Å². The van der Waals surface area contributed by atoms with Crippen molar-refractivity contribution < 1.29 is 9.85 Å². The van der Waals surface area contributed by atoms with E-state index in [4.69, 9.17) is 11.6 Å². The van der Waals surface area contributed by atoms with Crippen LogP contribution in [0.5, 0.6) is 0 Å². The molecule has 0 bridgehead atoms. The predicted octanol–water partition coefficient (Wildman–Crippen LogP) is 5.29. The van der Waals surface area contributed by atoms with Gasteiger partial charge in [0.1, 0.15) is 5.02 Å². The molecule has 2 aliphatic rings. The lowest BCUT2D eigenvalue weighted by molar-refractivity contribution is -0.385. The lowest BCUT2D eigenvalue weighted by atomic mass is 9.76. The summed E-state index contributed by atoms with van der Waals surface area (Å²) >= 11 is 5.96. The number of aryl methyl sites for hydroxylation is 1. The maximum absolute atomic E-state index is 11.3. The van der Waals surface area contributed by atoms with Crippen LogP contribution in [0.3, 0.4) is 0 Å². The molecule has 1 N–H and O–H groups in total. The minimum atomic E-state index is -0.485. The molecule has 1 aliphatic heterocycles. The summed E-state index contributed by atoms with van der Waals surface area (Å²) in [4.78, 5) is 21.6. The highest BCUT2D eigenvalue weighted by Gasteiger charge is 2.39. The van der Waals surface area contributed by atoms with Gasteiger partial charge in [0.05, 0.1) is 15.9 Å². The molecular formula is C19H16ClN3O4. The van der Waals surface area contributed by atoms with Crippen molar-refractivity contribution in [3.63, 3.8) is 0 Å². The Morgan fingerprint density at radius 1 is 1.15 bits per heavy atom. The van der Waals surface area contributed by atoms with Gasteiger partial charge in [-0.25, -0.2) is 0 Å². The van der Waals surface area contributed by atoms with Crippen molar-refractivity contribution in [1.29, 1.82) is 0 Å².